The first-order chi connectivity index (χ1) is 17.2. The van der Waals surface area contributed by atoms with E-state index < -0.39 is 26.0 Å². The maximum atomic E-state index is 12.9. The van der Waals surface area contributed by atoms with Crippen molar-refractivity contribution in [2.24, 2.45) is 0 Å². The van der Waals surface area contributed by atoms with E-state index in [1.165, 1.54) is 35.6 Å². The Labute approximate surface area is 212 Å². The summed E-state index contributed by atoms with van der Waals surface area (Å²) >= 11 is 0. The molecule has 1 saturated heterocycles. The fourth-order valence-electron chi connectivity index (χ4n) is 4.06. The van der Waals surface area contributed by atoms with Crippen molar-refractivity contribution in [2.75, 3.05) is 29.8 Å². The van der Waals surface area contributed by atoms with Crippen molar-refractivity contribution in [1.29, 1.82) is 0 Å². The molecule has 1 heterocycles. The molecule has 0 atom stereocenters. The van der Waals surface area contributed by atoms with Gasteiger partial charge in [0.25, 0.3) is 15.9 Å². The molecule has 0 unspecified atom stereocenters. The molecular formula is C26H29N3O5S2. The Morgan fingerprint density at radius 2 is 1.33 bits per heavy atom. The molecule has 4 rings (SSSR count). The Kier molecular flexibility index (Phi) is 7.77. The van der Waals surface area contributed by atoms with E-state index in [-0.39, 0.29) is 9.79 Å². The van der Waals surface area contributed by atoms with Crippen LogP contribution in [0.15, 0.2) is 88.7 Å². The third-order valence-corrected chi connectivity index (χ3v) is 9.92. The molecule has 10 heteroatoms. The van der Waals surface area contributed by atoms with Gasteiger partial charge in [0.05, 0.1) is 15.5 Å². The highest BCUT2D eigenvalue weighted by atomic mass is 32.2. The molecule has 1 amide bonds. The van der Waals surface area contributed by atoms with Gasteiger partial charge in [-0.1, -0.05) is 31.0 Å². The van der Waals surface area contributed by atoms with Gasteiger partial charge in [-0.25, -0.2) is 16.8 Å². The number of carbonyl (C=O) groups excluding carboxylic acids is 1. The van der Waals surface area contributed by atoms with Crippen LogP contribution in [0.1, 0.15) is 36.0 Å². The number of anilines is 2. The molecule has 1 aliphatic rings. The number of rotatable bonds is 7. The summed E-state index contributed by atoms with van der Waals surface area (Å²) < 4.78 is 54.2. The lowest BCUT2D eigenvalue weighted by molar-refractivity contribution is 0.102. The molecule has 3 aromatic rings. The number of benzene rings is 3. The lowest BCUT2D eigenvalue weighted by Gasteiger charge is -2.20. The fraction of sp³-hybridized carbons (Fsp3) is 0.269. The van der Waals surface area contributed by atoms with Crippen LogP contribution in [0.3, 0.4) is 0 Å². The monoisotopic (exact) mass is 527 g/mol. The van der Waals surface area contributed by atoms with E-state index in [2.05, 4.69) is 5.32 Å². The van der Waals surface area contributed by atoms with Crippen LogP contribution in [-0.4, -0.2) is 47.2 Å². The average molecular weight is 528 g/mol. The van der Waals surface area contributed by atoms with Gasteiger partial charge in [0, 0.05) is 31.4 Å². The predicted molar refractivity (Wildman–Crippen MR) is 140 cm³/mol. The number of nitrogens with one attached hydrogen (secondary N) is 1. The van der Waals surface area contributed by atoms with Crippen LogP contribution in [-0.2, 0) is 20.0 Å². The standard InChI is InChI=1S/C26H29N3O5S2/c1-28(35(31,32)24-9-5-4-6-10-24)23-15-11-21(12-16-23)26(30)27-22-13-17-25(18-14-22)36(33,34)29-19-7-2-3-8-20-29/h4-6,9-18H,2-3,7-8,19-20H2,1H3,(H,27,30). The first-order valence-electron chi connectivity index (χ1n) is 11.8. The second-order valence-corrected chi connectivity index (χ2v) is 12.5. The molecule has 1 N–H and O–H groups in total. The number of nitrogens with zero attached hydrogens (tertiary/aromatic N) is 2. The highest BCUT2D eigenvalue weighted by molar-refractivity contribution is 7.92. The van der Waals surface area contributed by atoms with Crippen LogP contribution in [0.4, 0.5) is 11.4 Å². The molecule has 0 bridgehead atoms. The average Bonchev–Trinajstić information content (AvgIpc) is 3.19. The Bertz CT molecular complexity index is 1400. The van der Waals surface area contributed by atoms with Crippen molar-refractivity contribution < 1.29 is 21.6 Å². The second kappa shape index (κ2) is 10.8. The first kappa shape index (κ1) is 25.9. The lowest BCUT2D eigenvalue weighted by Crippen LogP contribution is -2.31. The van der Waals surface area contributed by atoms with E-state index >= 15 is 0 Å². The lowest BCUT2D eigenvalue weighted by atomic mass is 10.2. The predicted octanol–water partition coefficient (Wildman–Crippen LogP) is 4.33. The third kappa shape index (κ3) is 5.61. The maximum absolute atomic E-state index is 12.9. The van der Waals surface area contributed by atoms with E-state index in [0.717, 1.165) is 30.0 Å². The normalized spacial score (nSPS) is 15.1. The quantitative estimate of drug-likeness (QED) is 0.493. The van der Waals surface area contributed by atoms with E-state index in [1.807, 2.05) is 0 Å². The summed E-state index contributed by atoms with van der Waals surface area (Å²) in [5.41, 5.74) is 1.21. The van der Waals surface area contributed by atoms with Gasteiger partial charge in [0.15, 0.2) is 0 Å². The molecule has 8 nitrogen and oxygen atoms in total. The Morgan fingerprint density at radius 3 is 1.92 bits per heavy atom. The number of carbonyl (C=O) groups is 1. The van der Waals surface area contributed by atoms with Gasteiger partial charge in [-0.05, 0) is 73.5 Å². The van der Waals surface area contributed by atoms with Crippen LogP contribution >= 0.6 is 0 Å². The summed E-state index contributed by atoms with van der Waals surface area (Å²) in [6.45, 7) is 1.05. The molecule has 0 spiro atoms. The molecular weight excluding hydrogens is 498 g/mol. The van der Waals surface area contributed by atoms with E-state index in [9.17, 15) is 21.6 Å². The van der Waals surface area contributed by atoms with Gasteiger partial charge in [-0.2, -0.15) is 4.31 Å². The maximum Gasteiger partial charge on any atom is 0.264 e. The molecule has 0 aromatic heterocycles. The fourth-order valence-corrected chi connectivity index (χ4v) is 6.79. The molecule has 36 heavy (non-hydrogen) atoms. The minimum Gasteiger partial charge on any atom is -0.322 e. The van der Waals surface area contributed by atoms with Gasteiger partial charge in [0.2, 0.25) is 10.0 Å². The summed E-state index contributed by atoms with van der Waals surface area (Å²) in [5, 5.41) is 2.75. The summed E-state index contributed by atoms with van der Waals surface area (Å²) in [6, 6.07) is 20.5. The highest BCUT2D eigenvalue weighted by Gasteiger charge is 2.25. The van der Waals surface area contributed by atoms with Crippen LogP contribution < -0.4 is 9.62 Å². The number of hydrogen-bond acceptors (Lipinski definition) is 5. The Morgan fingerprint density at radius 1 is 0.750 bits per heavy atom. The Hall–Kier alpha value is -3.21. The van der Waals surface area contributed by atoms with Gasteiger partial charge >= 0.3 is 0 Å². The SMILES string of the molecule is CN(c1ccc(C(=O)Nc2ccc(S(=O)(=O)N3CCCCCC3)cc2)cc1)S(=O)(=O)c1ccccc1. The molecule has 3 aromatic carbocycles. The van der Waals surface area contributed by atoms with Crippen molar-refractivity contribution >= 4 is 37.3 Å². The van der Waals surface area contributed by atoms with E-state index in [4.69, 9.17) is 0 Å². The van der Waals surface area contributed by atoms with Crippen LogP contribution in [0.25, 0.3) is 0 Å². The molecule has 0 radical (unpaired) electrons. The second-order valence-electron chi connectivity index (χ2n) is 8.63. The van der Waals surface area contributed by atoms with Crippen LogP contribution in [0, 0.1) is 0 Å². The van der Waals surface area contributed by atoms with E-state index in [1.54, 1.807) is 54.6 Å². The van der Waals surface area contributed by atoms with E-state index in [0.29, 0.717) is 30.0 Å². The molecule has 190 valence electrons. The molecule has 0 aliphatic carbocycles. The zero-order valence-electron chi connectivity index (χ0n) is 20.0. The van der Waals surface area contributed by atoms with Gasteiger partial charge in [-0.3, -0.25) is 9.10 Å². The van der Waals surface area contributed by atoms with Crippen molar-refractivity contribution in [1.82, 2.24) is 4.31 Å². The zero-order chi connectivity index (χ0) is 25.8. The third-order valence-electron chi connectivity index (χ3n) is 6.21. The topological polar surface area (TPSA) is 104 Å². The molecule has 1 aliphatic heterocycles. The van der Waals surface area contributed by atoms with Gasteiger partial charge in [-0.15, -0.1) is 0 Å². The van der Waals surface area contributed by atoms with Crippen LogP contribution in [0.2, 0.25) is 0 Å². The number of amides is 1. The van der Waals surface area contributed by atoms with Crippen LogP contribution in [0.5, 0.6) is 0 Å². The summed E-state index contributed by atoms with van der Waals surface area (Å²) in [4.78, 5) is 13.1. The number of hydrogen-bond donors (Lipinski definition) is 1. The summed E-state index contributed by atoms with van der Waals surface area (Å²) in [7, 11) is -5.82. The van der Waals surface area contributed by atoms with Crippen molar-refractivity contribution in [3.8, 4) is 0 Å². The minimum absolute atomic E-state index is 0.177. The largest absolute Gasteiger partial charge is 0.322 e. The van der Waals surface area contributed by atoms with Crippen molar-refractivity contribution in [3.63, 3.8) is 0 Å². The number of sulfonamides is 2. The molecule has 0 saturated carbocycles. The van der Waals surface area contributed by atoms with Gasteiger partial charge in [0.1, 0.15) is 0 Å². The highest BCUT2D eigenvalue weighted by Crippen LogP contribution is 2.24. The zero-order valence-corrected chi connectivity index (χ0v) is 21.6. The Balaban J connectivity index is 1.43. The van der Waals surface area contributed by atoms with Gasteiger partial charge < -0.3 is 5.32 Å². The smallest absolute Gasteiger partial charge is 0.264 e. The first-order valence-corrected chi connectivity index (χ1v) is 14.6. The van der Waals surface area contributed by atoms with Crippen molar-refractivity contribution in [3.05, 3.63) is 84.4 Å². The summed E-state index contributed by atoms with van der Waals surface area (Å²) in [5.74, 6) is -0.391. The summed E-state index contributed by atoms with van der Waals surface area (Å²) in [6.07, 6.45) is 3.80. The molecule has 1 fully saturated rings. The minimum atomic E-state index is -3.72. The van der Waals surface area contributed by atoms with Crippen molar-refractivity contribution in [2.45, 2.75) is 35.5 Å².